The van der Waals surface area contributed by atoms with Crippen LogP contribution in [0.25, 0.3) is 0 Å². The van der Waals surface area contributed by atoms with Gasteiger partial charge in [0.1, 0.15) is 6.61 Å². The molecule has 0 aliphatic carbocycles. The number of hydrogen-bond acceptors (Lipinski definition) is 6. The van der Waals surface area contributed by atoms with Crippen LogP contribution < -0.4 is 5.32 Å². The van der Waals surface area contributed by atoms with Gasteiger partial charge in [-0.2, -0.15) is 16.7 Å². The topological polar surface area (TPSA) is 60.2 Å². The van der Waals surface area contributed by atoms with Crippen LogP contribution in [-0.2, 0) is 11.3 Å². The number of ether oxygens (including phenoxy) is 1. The summed E-state index contributed by atoms with van der Waals surface area (Å²) < 4.78 is 10.8. The number of aromatic nitrogens is 2. The highest BCUT2D eigenvalue weighted by atomic mass is 32.2. The third kappa shape index (κ3) is 3.46. The zero-order chi connectivity index (χ0) is 12.8. The minimum absolute atomic E-state index is 0.336. The highest BCUT2D eigenvalue weighted by Crippen LogP contribution is 2.31. The van der Waals surface area contributed by atoms with Crippen LogP contribution >= 0.6 is 11.8 Å². The lowest BCUT2D eigenvalue weighted by atomic mass is 10.0. The van der Waals surface area contributed by atoms with Crippen molar-refractivity contribution < 1.29 is 9.26 Å². The van der Waals surface area contributed by atoms with Gasteiger partial charge in [-0.25, -0.2) is 0 Å². The molecule has 2 heterocycles. The minimum Gasteiger partial charge on any atom is -0.373 e. The van der Waals surface area contributed by atoms with E-state index in [0.717, 1.165) is 37.0 Å². The molecule has 18 heavy (non-hydrogen) atoms. The quantitative estimate of drug-likeness (QED) is 0.763. The van der Waals surface area contributed by atoms with E-state index in [2.05, 4.69) is 29.3 Å². The predicted molar refractivity (Wildman–Crippen MR) is 71.8 cm³/mol. The van der Waals surface area contributed by atoms with E-state index in [9.17, 15) is 0 Å². The molecule has 1 aliphatic rings. The summed E-state index contributed by atoms with van der Waals surface area (Å²) in [5.41, 5.74) is 0. The maximum atomic E-state index is 5.41. The van der Waals surface area contributed by atoms with Gasteiger partial charge in [0, 0.05) is 24.2 Å². The maximum absolute atomic E-state index is 5.41. The molecule has 1 aromatic rings. The Morgan fingerprint density at radius 2 is 2.33 bits per heavy atom. The summed E-state index contributed by atoms with van der Waals surface area (Å²) in [6.45, 7) is 6.37. The fourth-order valence-corrected chi connectivity index (χ4v) is 3.41. The van der Waals surface area contributed by atoms with Gasteiger partial charge in [-0.15, -0.1) is 0 Å². The molecule has 1 aliphatic heterocycles. The second-order valence-electron chi connectivity index (χ2n) is 4.41. The van der Waals surface area contributed by atoms with Gasteiger partial charge in [0.15, 0.2) is 5.82 Å². The van der Waals surface area contributed by atoms with E-state index in [1.54, 1.807) is 0 Å². The van der Waals surface area contributed by atoms with Crippen molar-refractivity contribution in [2.45, 2.75) is 38.8 Å². The molecule has 1 saturated heterocycles. The number of nitrogens with one attached hydrogen (secondary N) is 1. The van der Waals surface area contributed by atoms with E-state index in [1.165, 1.54) is 0 Å². The largest absolute Gasteiger partial charge is 0.373 e. The molecule has 0 saturated carbocycles. The van der Waals surface area contributed by atoms with Crippen LogP contribution in [0.3, 0.4) is 0 Å². The SMILES string of the molecule is CCCOCc1noc(C2CSCC2NCC)n1. The van der Waals surface area contributed by atoms with Crippen LogP contribution in [-0.4, -0.2) is 40.8 Å². The first-order valence-electron chi connectivity index (χ1n) is 6.56. The third-order valence-corrected chi connectivity index (χ3v) is 4.12. The van der Waals surface area contributed by atoms with Gasteiger partial charge >= 0.3 is 0 Å². The number of thioether (sulfide) groups is 1. The highest BCUT2D eigenvalue weighted by Gasteiger charge is 2.32. The lowest BCUT2D eigenvalue weighted by Gasteiger charge is -2.15. The molecule has 2 atom stereocenters. The fourth-order valence-electron chi connectivity index (χ4n) is 2.05. The summed E-state index contributed by atoms with van der Waals surface area (Å²) in [4.78, 5) is 4.44. The van der Waals surface area contributed by atoms with E-state index < -0.39 is 0 Å². The van der Waals surface area contributed by atoms with Crippen molar-refractivity contribution in [3.63, 3.8) is 0 Å². The predicted octanol–water partition coefficient (Wildman–Crippen LogP) is 1.80. The Kier molecular flexibility index (Phi) is 5.46. The molecular weight excluding hydrogens is 250 g/mol. The van der Waals surface area contributed by atoms with E-state index in [1.807, 2.05) is 11.8 Å². The Morgan fingerprint density at radius 1 is 1.44 bits per heavy atom. The molecule has 1 N–H and O–H groups in total. The maximum Gasteiger partial charge on any atom is 0.232 e. The molecular formula is C12H21N3O2S. The standard InChI is InChI=1S/C12H21N3O2S/c1-3-5-16-6-11-14-12(17-15-11)9-7-18-8-10(9)13-4-2/h9-10,13H,3-8H2,1-2H3. The first-order chi connectivity index (χ1) is 8.85. The van der Waals surface area contributed by atoms with Gasteiger partial charge in [0.05, 0.1) is 5.92 Å². The Labute approximate surface area is 112 Å². The molecule has 0 radical (unpaired) electrons. The van der Waals surface area contributed by atoms with Gasteiger partial charge in [0.2, 0.25) is 5.89 Å². The van der Waals surface area contributed by atoms with Crippen LogP contribution in [0, 0.1) is 0 Å². The smallest absolute Gasteiger partial charge is 0.232 e. The summed E-state index contributed by atoms with van der Waals surface area (Å²) in [6, 6.07) is 0.449. The van der Waals surface area contributed by atoms with Gasteiger partial charge in [-0.1, -0.05) is 19.0 Å². The number of likely N-dealkylation sites (N-methyl/N-ethyl adjacent to an activating group) is 1. The van der Waals surface area contributed by atoms with E-state index in [0.29, 0.717) is 24.4 Å². The number of hydrogen-bond donors (Lipinski definition) is 1. The molecule has 2 unspecified atom stereocenters. The van der Waals surface area contributed by atoms with Crippen molar-refractivity contribution >= 4 is 11.8 Å². The van der Waals surface area contributed by atoms with Crippen LogP contribution in [0.5, 0.6) is 0 Å². The summed E-state index contributed by atoms with van der Waals surface area (Å²) in [6.07, 6.45) is 1.01. The van der Waals surface area contributed by atoms with Crippen LogP contribution in [0.4, 0.5) is 0 Å². The minimum atomic E-state index is 0.336. The zero-order valence-electron chi connectivity index (χ0n) is 11.0. The Morgan fingerprint density at radius 3 is 3.11 bits per heavy atom. The summed E-state index contributed by atoms with van der Waals surface area (Å²) in [5.74, 6) is 3.91. The van der Waals surface area contributed by atoms with E-state index >= 15 is 0 Å². The van der Waals surface area contributed by atoms with Crippen molar-refractivity contribution in [2.75, 3.05) is 24.7 Å². The lowest BCUT2D eigenvalue weighted by molar-refractivity contribution is 0.114. The molecule has 6 heteroatoms. The van der Waals surface area contributed by atoms with Crippen molar-refractivity contribution in [1.29, 1.82) is 0 Å². The second kappa shape index (κ2) is 7.11. The van der Waals surface area contributed by atoms with Gasteiger partial charge in [-0.3, -0.25) is 0 Å². The third-order valence-electron chi connectivity index (χ3n) is 2.93. The van der Waals surface area contributed by atoms with Gasteiger partial charge in [0.25, 0.3) is 0 Å². The highest BCUT2D eigenvalue weighted by molar-refractivity contribution is 7.99. The number of rotatable bonds is 7. The zero-order valence-corrected chi connectivity index (χ0v) is 11.8. The Hall–Kier alpha value is -0.590. The molecule has 0 aromatic carbocycles. The molecule has 1 aromatic heterocycles. The molecule has 1 fully saturated rings. The first kappa shape index (κ1) is 13.8. The summed E-state index contributed by atoms with van der Waals surface area (Å²) >= 11 is 1.93. The van der Waals surface area contributed by atoms with Crippen LogP contribution in [0.15, 0.2) is 4.52 Å². The monoisotopic (exact) mass is 271 g/mol. The molecule has 0 spiro atoms. The Balaban J connectivity index is 1.92. The van der Waals surface area contributed by atoms with Gasteiger partial charge in [-0.05, 0) is 13.0 Å². The lowest BCUT2D eigenvalue weighted by Crippen LogP contribution is -2.34. The summed E-state index contributed by atoms with van der Waals surface area (Å²) in [7, 11) is 0. The van der Waals surface area contributed by atoms with Crippen molar-refractivity contribution in [1.82, 2.24) is 15.5 Å². The second-order valence-corrected chi connectivity index (χ2v) is 5.48. The van der Waals surface area contributed by atoms with E-state index in [-0.39, 0.29) is 0 Å². The molecule has 0 bridgehead atoms. The molecule has 102 valence electrons. The summed E-state index contributed by atoms with van der Waals surface area (Å²) in [5, 5.41) is 7.45. The molecule has 5 nitrogen and oxygen atoms in total. The molecule has 0 amide bonds. The Bertz CT molecular complexity index is 359. The first-order valence-corrected chi connectivity index (χ1v) is 7.72. The van der Waals surface area contributed by atoms with E-state index in [4.69, 9.17) is 9.26 Å². The van der Waals surface area contributed by atoms with Crippen molar-refractivity contribution in [3.05, 3.63) is 11.7 Å². The fraction of sp³-hybridized carbons (Fsp3) is 0.833. The van der Waals surface area contributed by atoms with Crippen LogP contribution in [0.2, 0.25) is 0 Å². The molecule has 2 rings (SSSR count). The van der Waals surface area contributed by atoms with Crippen molar-refractivity contribution in [2.24, 2.45) is 0 Å². The normalized spacial score (nSPS) is 23.7. The van der Waals surface area contributed by atoms with Gasteiger partial charge < -0.3 is 14.6 Å². The van der Waals surface area contributed by atoms with Crippen molar-refractivity contribution in [3.8, 4) is 0 Å². The average Bonchev–Trinajstić information content (AvgIpc) is 2.98. The number of nitrogens with zero attached hydrogens (tertiary/aromatic N) is 2. The average molecular weight is 271 g/mol. The van der Waals surface area contributed by atoms with Crippen LogP contribution in [0.1, 0.15) is 37.9 Å².